The smallest absolute Gasteiger partial charge is 0.0835 e. The lowest BCUT2D eigenvalue weighted by Gasteiger charge is -2.67. The molecule has 7 heteroatoms. The Balaban J connectivity index is 1.63. The molecule has 0 aromatic carbocycles. The van der Waals surface area contributed by atoms with Crippen molar-refractivity contribution in [3.05, 3.63) is 0 Å². The van der Waals surface area contributed by atoms with Crippen LogP contribution in [0.25, 0.3) is 0 Å². The molecule has 5 saturated carbocycles. The lowest BCUT2D eigenvalue weighted by molar-refractivity contribution is -0.281. The second-order valence-electron chi connectivity index (χ2n) is 11.1. The Bertz CT molecular complexity index is 736. The molecule has 6 aliphatic rings. The van der Waals surface area contributed by atoms with Gasteiger partial charge < -0.3 is 29.5 Å². The van der Waals surface area contributed by atoms with E-state index in [0.29, 0.717) is 25.8 Å². The molecule has 1 heterocycles. The van der Waals surface area contributed by atoms with Gasteiger partial charge in [0.2, 0.25) is 0 Å². The Kier molecular flexibility index (Phi) is 4.19. The summed E-state index contributed by atoms with van der Waals surface area (Å²) in [7, 11) is 5.19. The number of hydrogen-bond donors (Lipinski definition) is 3. The van der Waals surface area contributed by atoms with Crippen molar-refractivity contribution in [1.29, 1.82) is 0 Å². The maximum Gasteiger partial charge on any atom is 0.0835 e. The molecule has 170 valence electrons. The molecule has 6 fully saturated rings. The van der Waals surface area contributed by atoms with Gasteiger partial charge in [0.1, 0.15) is 0 Å². The summed E-state index contributed by atoms with van der Waals surface area (Å²) in [5, 5.41) is 36.2. The Morgan fingerprint density at radius 1 is 1.03 bits per heavy atom. The first-order valence-corrected chi connectivity index (χ1v) is 11.8. The number of piperidine rings is 1. The van der Waals surface area contributed by atoms with E-state index in [4.69, 9.17) is 14.2 Å². The van der Waals surface area contributed by atoms with Crippen molar-refractivity contribution >= 4 is 0 Å². The minimum atomic E-state index is -0.995. The summed E-state index contributed by atoms with van der Waals surface area (Å²) in [5.41, 5.74) is -2.36. The zero-order chi connectivity index (χ0) is 21.2. The SMILES string of the molecule is CCN1C[C@]2(O)CC[C@H](O)[C@@]34[C@@H]5C[C@H]6[C@H](OC)[C@@H]5[C@](O)(C[C@@H]6OC)[C@@H]([C@@H](OC)[C@H]23)[C@@H]14. The number of methoxy groups -OCH3 is 3. The summed E-state index contributed by atoms with van der Waals surface area (Å²) < 4.78 is 18.1. The lowest BCUT2D eigenvalue weighted by atomic mass is 9.45. The van der Waals surface area contributed by atoms with Crippen LogP contribution in [0.2, 0.25) is 0 Å². The monoisotopic (exact) mass is 423 g/mol. The van der Waals surface area contributed by atoms with E-state index < -0.39 is 22.7 Å². The quantitative estimate of drug-likeness (QED) is 0.597. The van der Waals surface area contributed by atoms with Gasteiger partial charge >= 0.3 is 0 Å². The maximum atomic E-state index is 12.5. The van der Waals surface area contributed by atoms with Crippen LogP contribution in [0.15, 0.2) is 0 Å². The van der Waals surface area contributed by atoms with Crippen molar-refractivity contribution in [2.24, 2.45) is 35.0 Å². The maximum absolute atomic E-state index is 12.5. The van der Waals surface area contributed by atoms with Crippen molar-refractivity contribution in [3.8, 4) is 0 Å². The number of nitrogens with zero attached hydrogens (tertiary/aromatic N) is 1. The number of hydrogen-bond acceptors (Lipinski definition) is 7. The molecule has 1 aliphatic heterocycles. The highest BCUT2D eigenvalue weighted by Gasteiger charge is 2.86. The van der Waals surface area contributed by atoms with E-state index in [2.05, 4.69) is 11.8 Å². The fraction of sp³-hybridized carbons (Fsp3) is 1.00. The van der Waals surface area contributed by atoms with E-state index in [1.165, 1.54) is 0 Å². The highest BCUT2D eigenvalue weighted by Crippen LogP contribution is 2.77. The van der Waals surface area contributed by atoms with Crippen LogP contribution in [-0.4, -0.2) is 96.3 Å². The van der Waals surface area contributed by atoms with Crippen LogP contribution in [0.5, 0.6) is 0 Å². The molecular weight excluding hydrogens is 386 g/mol. The first kappa shape index (κ1) is 20.3. The van der Waals surface area contributed by atoms with E-state index in [1.807, 2.05) is 0 Å². The van der Waals surface area contributed by atoms with Gasteiger partial charge in [-0.05, 0) is 31.7 Å². The number of likely N-dealkylation sites (tertiary alicyclic amines) is 1. The standard InChI is InChI=1S/C23H37NO6/c1-5-24-10-21(26)7-6-14(25)23-12-8-11-13(28-2)9-22(27,15(12)17(11)29-3)16(20(23)24)18(30-4)19(21)23/h11-20,25-27H,5-10H2,1-4H3/t11-,12-,13+,14+,15-,16+,17+,18-,19-,20-,21-,22-,23+/m1/s1. The molecule has 0 unspecified atom stereocenters. The molecule has 0 amide bonds. The normalized spacial score (nSPS) is 63.3. The van der Waals surface area contributed by atoms with Gasteiger partial charge in [-0.1, -0.05) is 6.92 Å². The topological polar surface area (TPSA) is 91.6 Å². The molecule has 0 radical (unpaired) electrons. The van der Waals surface area contributed by atoms with Crippen LogP contribution < -0.4 is 0 Å². The Morgan fingerprint density at radius 2 is 1.77 bits per heavy atom. The average Bonchev–Trinajstić information content (AvgIpc) is 3.19. The molecule has 30 heavy (non-hydrogen) atoms. The third-order valence-corrected chi connectivity index (χ3v) is 10.7. The molecular formula is C23H37NO6. The van der Waals surface area contributed by atoms with E-state index in [1.54, 1.807) is 21.3 Å². The van der Waals surface area contributed by atoms with Gasteiger partial charge in [0.05, 0.1) is 35.6 Å². The Morgan fingerprint density at radius 3 is 2.40 bits per heavy atom. The van der Waals surface area contributed by atoms with Crippen LogP contribution in [0.4, 0.5) is 0 Å². The van der Waals surface area contributed by atoms with E-state index in [9.17, 15) is 15.3 Å². The summed E-state index contributed by atoms with van der Waals surface area (Å²) in [5.74, 6) is -0.0990. The van der Waals surface area contributed by atoms with Crippen LogP contribution in [-0.2, 0) is 14.2 Å². The Hall–Kier alpha value is -0.280. The van der Waals surface area contributed by atoms with Crippen molar-refractivity contribution in [1.82, 2.24) is 4.90 Å². The fourth-order valence-electron chi connectivity index (χ4n) is 10.3. The second-order valence-corrected chi connectivity index (χ2v) is 11.1. The van der Waals surface area contributed by atoms with E-state index in [-0.39, 0.29) is 53.9 Å². The summed E-state index contributed by atoms with van der Waals surface area (Å²) >= 11 is 0. The summed E-state index contributed by atoms with van der Waals surface area (Å²) in [4.78, 5) is 2.35. The summed E-state index contributed by atoms with van der Waals surface area (Å²) in [6, 6.07) is 0.00568. The van der Waals surface area contributed by atoms with Crippen molar-refractivity contribution in [2.45, 2.75) is 74.3 Å². The molecule has 3 N–H and O–H groups in total. The summed E-state index contributed by atoms with van der Waals surface area (Å²) in [6.45, 7) is 3.52. The Labute approximate surface area is 178 Å². The number of likely N-dealkylation sites (N-methyl/N-ethyl adjacent to an activating group) is 1. The second kappa shape index (κ2) is 6.19. The van der Waals surface area contributed by atoms with E-state index >= 15 is 0 Å². The number of rotatable bonds is 4. The first-order chi connectivity index (χ1) is 14.3. The van der Waals surface area contributed by atoms with Gasteiger partial charge in [0.25, 0.3) is 0 Å². The molecule has 7 nitrogen and oxygen atoms in total. The molecule has 1 spiro atoms. The minimum Gasteiger partial charge on any atom is -0.392 e. The molecule has 7 bridgehead atoms. The van der Waals surface area contributed by atoms with Crippen LogP contribution >= 0.6 is 0 Å². The molecule has 0 aromatic heterocycles. The minimum absolute atomic E-state index is 0.00568. The van der Waals surface area contributed by atoms with Gasteiger partial charge in [0.15, 0.2) is 0 Å². The van der Waals surface area contributed by atoms with Gasteiger partial charge in [-0.15, -0.1) is 0 Å². The van der Waals surface area contributed by atoms with E-state index in [0.717, 1.165) is 13.0 Å². The number of ether oxygens (including phenoxy) is 3. The predicted octanol–water partition coefficient (Wildman–Crippen LogP) is 0.254. The number of aliphatic hydroxyl groups excluding tert-OH is 1. The zero-order valence-electron chi connectivity index (χ0n) is 18.5. The zero-order valence-corrected chi connectivity index (χ0v) is 18.5. The first-order valence-electron chi connectivity index (χ1n) is 11.8. The highest BCUT2D eigenvalue weighted by atomic mass is 16.5. The number of fused-ring (bicyclic) bond motifs is 2. The summed E-state index contributed by atoms with van der Waals surface area (Å²) in [6.07, 6.45) is 1.70. The van der Waals surface area contributed by atoms with Gasteiger partial charge in [-0.2, -0.15) is 0 Å². The fourth-order valence-corrected chi connectivity index (χ4v) is 10.3. The third-order valence-electron chi connectivity index (χ3n) is 10.7. The average molecular weight is 424 g/mol. The van der Waals surface area contributed by atoms with Gasteiger partial charge in [0, 0.05) is 69.4 Å². The molecule has 5 aliphatic carbocycles. The number of β-amino-alcohol motifs (C(OH)–C–C–N with tert-alkyl or cyclic N) is 1. The van der Waals surface area contributed by atoms with Gasteiger partial charge in [-0.25, -0.2) is 0 Å². The van der Waals surface area contributed by atoms with Crippen molar-refractivity contribution in [3.63, 3.8) is 0 Å². The van der Waals surface area contributed by atoms with Crippen LogP contribution in [0, 0.1) is 35.0 Å². The van der Waals surface area contributed by atoms with Gasteiger partial charge in [-0.3, -0.25) is 4.90 Å². The van der Waals surface area contributed by atoms with Crippen molar-refractivity contribution < 1.29 is 29.5 Å². The highest BCUT2D eigenvalue weighted by molar-refractivity contribution is 5.36. The van der Waals surface area contributed by atoms with Crippen molar-refractivity contribution in [2.75, 3.05) is 34.4 Å². The molecule has 13 atom stereocenters. The predicted molar refractivity (Wildman–Crippen MR) is 108 cm³/mol. The largest absolute Gasteiger partial charge is 0.392 e. The van der Waals surface area contributed by atoms with Crippen LogP contribution in [0.1, 0.15) is 32.6 Å². The molecule has 0 aromatic rings. The van der Waals surface area contributed by atoms with Crippen LogP contribution in [0.3, 0.4) is 0 Å². The third kappa shape index (κ3) is 1.91. The molecule has 1 saturated heterocycles. The number of aliphatic hydroxyl groups is 3. The molecule has 6 rings (SSSR count). The lowest BCUT2D eigenvalue weighted by Crippen LogP contribution is -2.77.